The van der Waals surface area contributed by atoms with E-state index in [1.807, 2.05) is 0 Å². The first kappa shape index (κ1) is 14.1. The minimum absolute atomic E-state index is 0.0172. The van der Waals surface area contributed by atoms with Gasteiger partial charge in [0.05, 0.1) is 10.6 Å². The van der Waals surface area contributed by atoms with Crippen LogP contribution in [-0.2, 0) is 0 Å². The molecule has 0 spiro atoms. The minimum Gasteiger partial charge on any atom is -0.503 e. The van der Waals surface area contributed by atoms with Gasteiger partial charge in [-0.2, -0.15) is 0 Å². The van der Waals surface area contributed by atoms with Crippen LogP contribution in [0.3, 0.4) is 0 Å². The predicted molar refractivity (Wildman–Crippen MR) is 83.3 cm³/mol. The van der Waals surface area contributed by atoms with Crippen molar-refractivity contribution < 1.29 is 10.0 Å². The third kappa shape index (κ3) is 2.19. The first-order valence-corrected chi connectivity index (χ1v) is 6.65. The number of H-pyrrole nitrogens is 1. The molecule has 0 fully saturated rings. The smallest absolute Gasteiger partial charge is 0.288 e. The molecule has 0 bridgehead atoms. The third-order valence-corrected chi connectivity index (χ3v) is 3.63. The van der Waals surface area contributed by atoms with Crippen molar-refractivity contribution in [3.05, 3.63) is 67.8 Å². The van der Waals surface area contributed by atoms with E-state index in [0.29, 0.717) is 16.5 Å². The van der Waals surface area contributed by atoms with Crippen molar-refractivity contribution in [3.8, 4) is 17.0 Å². The Morgan fingerprint density at radius 3 is 2.64 bits per heavy atom. The number of fused-ring (bicyclic) bond motifs is 1. The van der Waals surface area contributed by atoms with E-state index in [9.17, 15) is 20.0 Å². The lowest BCUT2D eigenvalue weighted by Gasteiger charge is -2.07. The summed E-state index contributed by atoms with van der Waals surface area (Å²) >= 11 is 5.77. The van der Waals surface area contributed by atoms with Crippen molar-refractivity contribution in [3.63, 3.8) is 0 Å². The molecule has 0 aliphatic heterocycles. The lowest BCUT2D eigenvalue weighted by Crippen LogP contribution is -2.05. The third-order valence-electron chi connectivity index (χ3n) is 3.31. The molecule has 0 atom stereocenters. The van der Waals surface area contributed by atoms with Crippen LogP contribution < -0.4 is 5.43 Å². The Labute approximate surface area is 128 Å². The number of aromatic nitrogens is 1. The molecule has 2 N–H and O–H groups in total. The second-order valence-electron chi connectivity index (χ2n) is 4.65. The van der Waals surface area contributed by atoms with Gasteiger partial charge in [0.25, 0.3) is 5.69 Å². The summed E-state index contributed by atoms with van der Waals surface area (Å²) in [5.74, 6) is -0.490. The van der Waals surface area contributed by atoms with Crippen LogP contribution >= 0.6 is 11.6 Å². The minimum atomic E-state index is -0.623. The van der Waals surface area contributed by atoms with Crippen LogP contribution in [0.15, 0.2) is 47.3 Å². The Kier molecular flexibility index (Phi) is 3.30. The molecule has 0 unspecified atom stereocenters. The SMILES string of the molecule is O=c1c(O)c(-c2ccc(Cl)c([N+](=O)[O-])c2)[nH]c2ccccc12. The molecule has 2 aromatic carbocycles. The molecule has 1 heterocycles. The highest BCUT2D eigenvalue weighted by Gasteiger charge is 2.17. The molecule has 0 amide bonds. The molecule has 0 aliphatic rings. The number of aromatic amines is 1. The molecule has 3 aromatic rings. The lowest BCUT2D eigenvalue weighted by molar-refractivity contribution is -0.384. The number of nitro benzene ring substituents is 1. The van der Waals surface area contributed by atoms with E-state index in [1.165, 1.54) is 18.2 Å². The van der Waals surface area contributed by atoms with E-state index in [1.54, 1.807) is 24.3 Å². The van der Waals surface area contributed by atoms with E-state index in [2.05, 4.69) is 4.98 Å². The van der Waals surface area contributed by atoms with E-state index < -0.39 is 16.1 Å². The Hall–Kier alpha value is -2.86. The van der Waals surface area contributed by atoms with E-state index in [4.69, 9.17) is 11.6 Å². The molecule has 22 heavy (non-hydrogen) atoms. The molecular weight excluding hydrogens is 308 g/mol. The van der Waals surface area contributed by atoms with E-state index in [0.717, 1.165) is 0 Å². The summed E-state index contributed by atoms with van der Waals surface area (Å²) in [5, 5.41) is 21.4. The van der Waals surface area contributed by atoms with Crippen LogP contribution in [0.5, 0.6) is 5.75 Å². The van der Waals surface area contributed by atoms with Crippen molar-refractivity contribution >= 4 is 28.2 Å². The van der Waals surface area contributed by atoms with Gasteiger partial charge in [0.2, 0.25) is 5.43 Å². The average molecular weight is 317 g/mol. The number of rotatable bonds is 2. The van der Waals surface area contributed by atoms with Crippen molar-refractivity contribution in [2.24, 2.45) is 0 Å². The van der Waals surface area contributed by atoms with Crippen LogP contribution in [0.1, 0.15) is 0 Å². The van der Waals surface area contributed by atoms with Crippen molar-refractivity contribution in [1.82, 2.24) is 4.98 Å². The van der Waals surface area contributed by atoms with Gasteiger partial charge < -0.3 is 10.1 Å². The average Bonchev–Trinajstić information content (AvgIpc) is 2.51. The number of nitro groups is 1. The lowest BCUT2D eigenvalue weighted by atomic mass is 10.1. The fourth-order valence-electron chi connectivity index (χ4n) is 2.24. The molecular formula is C15H9ClN2O4. The highest BCUT2D eigenvalue weighted by Crippen LogP contribution is 2.32. The molecule has 7 heteroatoms. The standard InChI is InChI=1S/C15H9ClN2O4/c16-10-6-5-8(7-12(10)18(21)22)13-15(20)14(19)9-3-1-2-4-11(9)17-13/h1-7,20H,(H,17,19). The van der Waals surface area contributed by atoms with Crippen LogP contribution in [0, 0.1) is 10.1 Å². The first-order chi connectivity index (χ1) is 10.5. The topological polar surface area (TPSA) is 96.2 Å². The molecule has 0 saturated heterocycles. The van der Waals surface area contributed by atoms with E-state index >= 15 is 0 Å². The molecule has 0 radical (unpaired) electrons. The number of aromatic hydroxyl groups is 1. The van der Waals surface area contributed by atoms with Gasteiger partial charge in [0.15, 0.2) is 5.75 Å². The second kappa shape index (κ2) is 5.16. The predicted octanol–water partition coefficient (Wildman–Crippen LogP) is 3.46. The zero-order valence-corrected chi connectivity index (χ0v) is 11.8. The largest absolute Gasteiger partial charge is 0.503 e. The molecule has 0 aliphatic carbocycles. The zero-order chi connectivity index (χ0) is 15.9. The molecule has 0 saturated carbocycles. The number of hydrogen-bond acceptors (Lipinski definition) is 4. The summed E-state index contributed by atoms with van der Waals surface area (Å²) in [5.41, 5.74) is 0.104. The quantitative estimate of drug-likeness (QED) is 0.559. The van der Waals surface area contributed by atoms with Gasteiger partial charge in [-0.3, -0.25) is 14.9 Å². The van der Waals surface area contributed by atoms with Crippen LogP contribution in [0.25, 0.3) is 22.2 Å². The summed E-state index contributed by atoms with van der Waals surface area (Å²) in [7, 11) is 0. The van der Waals surface area contributed by atoms with Gasteiger partial charge in [0.1, 0.15) is 5.02 Å². The maximum atomic E-state index is 12.2. The normalized spacial score (nSPS) is 10.8. The first-order valence-electron chi connectivity index (χ1n) is 6.27. The summed E-state index contributed by atoms with van der Waals surface area (Å²) in [6, 6.07) is 10.7. The zero-order valence-electron chi connectivity index (χ0n) is 11.0. The number of hydrogen-bond donors (Lipinski definition) is 2. The van der Waals surface area contributed by atoms with Gasteiger partial charge >= 0.3 is 0 Å². The van der Waals surface area contributed by atoms with Gasteiger partial charge in [-0.25, -0.2) is 0 Å². The fourth-order valence-corrected chi connectivity index (χ4v) is 2.43. The number of benzene rings is 2. The van der Waals surface area contributed by atoms with Gasteiger partial charge in [-0.05, 0) is 18.2 Å². The van der Waals surface area contributed by atoms with Crippen LogP contribution in [-0.4, -0.2) is 15.0 Å². The van der Waals surface area contributed by atoms with Crippen LogP contribution in [0.4, 0.5) is 5.69 Å². The van der Waals surface area contributed by atoms with Crippen molar-refractivity contribution in [2.45, 2.75) is 0 Å². The Balaban J connectivity index is 2.31. The Morgan fingerprint density at radius 2 is 1.91 bits per heavy atom. The molecule has 110 valence electrons. The maximum Gasteiger partial charge on any atom is 0.288 e. The fraction of sp³-hybridized carbons (Fsp3) is 0. The highest BCUT2D eigenvalue weighted by atomic mass is 35.5. The van der Waals surface area contributed by atoms with E-state index in [-0.39, 0.29) is 16.4 Å². The Bertz CT molecular complexity index is 965. The number of nitrogens with zero attached hydrogens (tertiary/aromatic N) is 1. The molecule has 1 aromatic heterocycles. The summed E-state index contributed by atoms with van der Waals surface area (Å²) in [6.07, 6.45) is 0. The number of halogens is 1. The summed E-state index contributed by atoms with van der Waals surface area (Å²) in [6.45, 7) is 0. The van der Waals surface area contributed by atoms with Crippen molar-refractivity contribution in [1.29, 1.82) is 0 Å². The van der Waals surface area contributed by atoms with Crippen molar-refractivity contribution in [2.75, 3.05) is 0 Å². The number of para-hydroxylation sites is 1. The maximum absolute atomic E-state index is 12.2. The Morgan fingerprint density at radius 1 is 1.18 bits per heavy atom. The highest BCUT2D eigenvalue weighted by molar-refractivity contribution is 6.32. The van der Waals surface area contributed by atoms with Gasteiger partial charge in [-0.1, -0.05) is 29.8 Å². The number of pyridine rings is 1. The summed E-state index contributed by atoms with van der Waals surface area (Å²) in [4.78, 5) is 25.4. The monoisotopic (exact) mass is 316 g/mol. The second-order valence-corrected chi connectivity index (χ2v) is 5.05. The number of nitrogens with one attached hydrogen (secondary N) is 1. The van der Waals surface area contributed by atoms with Crippen LogP contribution in [0.2, 0.25) is 5.02 Å². The molecule has 6 nitrogen and oxygen atoms in total. The van der Waals surface area contributed by atoms with Gasteiger partial charge in [0, 0.05) is 22.5 Å². The molecule has 3 rings (SSSR count). The summed E-state index contributed by atoms with van der Waals surface area (Å²) < 4.78 is 0. The van der Waals surface area contributed by atoms with Gasteiger partial charge in [-0.15, -0.1) is 0 Å².